The van der Waals surface area contributed by atoms with Crippen molar-refractivity contribution in [2.24, 2.45) is 0 Å². The molecule has 1 heterocycles. The first-order valence-electron chi connectivity index (χ1n) is 8.97. The van der Waals surface area contributed by atoms with Gasteiger partial charge in [0.25, 0.3) is 5.91 Å². The Morgan fingerprint density at radius 3 is 1.85 bits per heavy atom. The lowest BCUT2D eigenvalue weighted by atomic mass is 9.96. The predicted octanol–water partition coefficient (Wildman–Crippen LogP) is 5.40. The number of anilines is 1. The lowest BCUT2D eigenvalue weighted by molar-refractivity contribution is -0.112. The predicted molar refractivity (Wildman–Crippen MR) is 108 cm³/mol. The van der Waals surface area contributed by atoms with Crippen LogP contribution in [0.15, 0.2) is 72.8 Å². The second-order valence-electron chi connectivity index (χ2n) is 6.95. The number of hydrogen-bond donors (Lipinski definition) is 0. The quantitative estimate of drug-likeness (QED) is 0.614. The highest BCUT2D eigenvalue weighted by Crippen LogP contribution is 2.37. The molecule has 0 aromatic heterocycles. The van der Waals surface area contributed by atoms with Gasteiger partial charge in [0.1, 0.15) is 5.82 Å². The molecule has 0 fully saturated rings. The fraction of sp³-hybridized carbons (Fsp3) is 0.125. The standard InChI is InChI=1S/C24H20FNO/c1-16-3-7-18(8-4-16)22-15-26(21-13-5-17(2)6-14-21)24(27)23(22)19-9-11-20(25)12-10-19/h3-14H,15H2,1-2H3. The molecule has 0 aliphatic carbocycles. The minimum atomic E-state index is -0.308. The number of halogens is 1. The van der Waals surface area contributed by atoms with E-state index >= 15 is 0 Å². The Labute approximate surface area is 158 Å². The Balaban J connectivity index is 1.82. The van der Waals surface area contributed by atoms with Gasteiger partial charge in [0.15, 0.2) is 0 Å². The van der Waals surface area contributed by atoms with Gasteiger partial charge in [-0.1, -0.05) is 59.7 Å². The molecule has 0 bridgehead atoms. The highest BCUT2D eigenvalue weighted by molar-refractivity contribution is 6.36. The van der Waals surface area contributed by atoms with E-state index in [2.05, 4.69) is 0 Å². The van der Waals surface area contributed by atoms with Gasteiger partial charge in [-0.3, -0.25) is 4.79 Å². The molecule has 1 aliphatic rings. The lowest BCUT2D eigenvalue weighted by Gasteiger charge is -2.17. The van der Waals surface area contributed by atoms with Crippen LogP contribution >= 0.6 is 0 Å². The van der Waals surface area contributed by atoms with Gasteiger partial charge in [-0.15, -0.1) is 0 Å². The summed E-state index contributed by atoms with van der Waals surface area (Å²) in [5, 5.41) is 0. The average Bonchev–Trinajstić information content (AvgIpc) is 3.01. The van der Waals surface area contributed by atoms with Gasteiger partial charge in [-0.25, -0.2) is 4.39 Å². The van der Waals surface area contributed by atoms with Gasteiger partial charge in [0.2, 0.25) is 0 Å². The molecular weight excluding hydrogens is 337 g/mol. The largest absolute Gasteiger partial charge is 0.304 e. The van der Waals surface area contributed by atoms with Crippen LogP contribution in [-0.2, 0) is 4.79 Å². The van der Waals surface area contributed by atoms with Gasteiger partial charge in [0, 0.05) is 5.69 Å². The molecule has 3 heteroatoms. The van der Waals surface area contributed by atoms with Gasteiger partial charge in [0.05, 0.1) is 12.1 Å². The molecule has 134 valence electrons. The number of carbonyl (C=O) groups is 1. The number of nitrogens with zero attached hydrogens (tertiary/aromatic N) is 1. The molecule has 0 unspecified atom stereocenters. The zero-order valence-electron chi connectivity index (χ0n) is 15.4. The topological polar surface area (TPSA) is 20.3 Å². The van der Waals surface area contributed by atoms with Crippen molar-refractivity contribution in [1.29, 1.82) is 0 Å². The second-order valence-corrected chi connectivity index (χ2v) is 6.95. The summed E-state index contributed by atoms with van der Waals surface area (Å²) in [6.07, 6.45) is 0. The molecule has 3 aromatic carbocycles. The van der Waals surface area contributed by atoms with E-state index in [0.29, 0.717) is 12.1 Å². The molecule has 0 atom stereocenters. The van der Waals surface area contributed by atoms with Gasteiger partial charge in [-0.05, 0) is 54.8 Å². The molecule has 2 nitrogen and oxygen atoms in total. The molecule has 3 aromatic rings. The van der Waals surface area contributed by atoms with Crippen LogP contribution in [0.1, 0.15) is 22.3 Å². The summed E-state index contributed by atoms with van der Waals surface area (Å²) in [7, 11) is 0. The molecule has 0 radical (unpaired) electrons. The van der Waals surface area contributed by atoms with E-state index < -0.39 is 0 Å². The Morgan fingerprint density at radius 2 is 1.26 bits per heavy atom. The van der Waals surface area contributed by atoms with Crippen molar-refractivity contribution in [2.75, 3.05) is 11.4 Å². The normalized spacial score (nSPS) is 14.2. The molecular formula is C24H20FNO. The van der Waals surface area contributed by atoms with E-state index in [9.17, 15) is 9.18 Å². The first-order valence-corrected chi connectivity index (χ1v) is 8.97. The monoisotopic (exact) mass is 357 g/mol. The van der Waals surface area contributed by atoms with Gasteiger partial charge >= 0.3 is 0 Å². The van der Waals surface area contributed by atoms with E-state index in [0.717, 1.165) is 28.0 Å². The molecule has 0 N–H and O–H groups in total. The molecule has 0 saturated carbocycles. The average molecular weight is 357 g/mol. The highest BCUT2D eigenvalue weighted by atomic mass is 19.1. The lowest BCUT2D eigenvalue weighted by Crippen LogP contribution is -2.26. The first-order chi connectivity index (χ1) is 13.0. The second kappa shape index (κ2) is 6.84. The summed E-state index contributed by atoms with van der Waals surface area (Å²) < 4.78 is 13.4. The number of rotatable bonds is 3. The van der Waals surface area contributed by atoms with Gasteiger partial charge in [-0.2, -0.15) is 0 Å². The zero-order chi connectivity index (χ0) is 19.0. The van der Waals surface area contributed by atoms with Crippen LogP contribution in [0.3, 0.4) is 0 Å². The Kier molecular flexibility index (Phi) is 4.36. The smallest absolute Gasteiger partial charge is 0.259 e. The summed E-state index contributed by atoms with van der Waals surface area (Å²) in [4.78, 5) is 15.1. The third kappa shape index (κ3) is 3.28. The molecule has 27 heavy (non-hydrogen) atoms. The van der Waals surface area contributed by atoms with Crippen molar-refractivity contribution >= 4 is 22.7 Å². The van der Waals surface area contributed by atoms with Gasteiger partial charge < -0.3 is 4.90 Å². The van der Waals surface area contributed by atoms with Crippen LogP contribution in [0.2, 0.25) is 0 Å². The van der Waals surface area contributed by atoms with Crippen LogP contribution in [-0.4, -0.2) is 12.5 Å². The number of aryl methyl sites for hydroxylation is 2. The van der Waals surface area contributed by atoms with Crippen LogP contribution in [0.5, 0.6) is 0 Å². The van der Waals surface area contributed by atoms with Crippen LogP contribution in [0.4, 0.5) is 10.1 Å². The molecule has 0 saturated heterocycles. The summed E-state index contributed by atoms with van der Waals surface area (Å²) >= 11 is 0. The highest BCUT2D eigenvalue weighted by Gasteiger charge is 2.32. The van der Waals surface area contributed by atoms with Crippen molar-refractivity contribution < 1.29 is 9.18 Å². The Bertz CT molecular complexity index is 1020. The van der Waals surface area contributed by atoms with Crippen LogP contribution < -0.4 is 4.90 Å². The number of hydrogen-bond acceptors (Lipinski definition) is 1. The number of carbonyl (C=O) groups excluding carboxylic acids is 1. The van der Waals surface area contributed by atoms with E-state index in [1.165, 1.54) is 17.7 Å². The van der Waals surface area contributed by atoms with Crippen molar-refractivity contribution in [3.63, 3.8) is 0 Å². The van der Waals surface area contributed by atoms with Crippen molar-refractivity contribution in [2.45, 2.75) is 13.8 Å². The van der Waals surface area contributed by atoms with E-state index in [4.69, 9.17) is 0 Å². The van der Waals surface area contributed by atoms with E-state index in [-0.39, 0.29) is 11.7 Å². The van der Waals surface area contributed by atoms with E-state index in [1.54, 1.807) is 17.0 Å². The molecule has 1 amide bonds. The third-order valence-corrected chi connectivity index (χ3v) is 4.96. The first kappa shape index (κ1) is 17.2. The maximum Gasteiger partial charge on any atom is 0.259 e. The SMILES string of the molecule is Cc1ccc(C2=C(c3ccc(F)cc3)C(=O)N(c3ccc(C)cc3)C2)cc1. The van der Waals surface area contributed by atoms with Crippen molar-refractivity contribution in [1.82, 2.24) is 0 Å². The van der Waals surface area contributed by atoms with Crippen molar-refractivity contribution in [3.05, 3.63) is 101 Å². The molecule has 0 spiro atoms. The summed E-state index contributed by atoms with van der Waals surface area (Å²) in [5.41, 5.74) is 6.55. The Morgan fingerprint density at radius 1 is 0.741 bits per heavy atom. The number of amides is 1. The minimum Gasteiger partial charge on any atom is -0.304 e. The zero-order valence-corrected chi connectivity index (χ0v) is 15.4. The number of benzene rings is 3. The maximum atomic E-state index is 13.4. The summed E-state index contributed by atoms with van der Waals surface area (Å²) in [5.74, 6) is -0.363. The summed E-state index contributed by atoms with van der Waals surface area (Å²) in [6.45, 7) is 4.56. The summed E-state index contributed by atoms with van der Waals surface area (Å²) in [6, 6.07) is 22.3. The third-order valence-electron chi connectivity index (χ3n) is 4.96. The fourth-order valence-corrected chi connectivity index (χ4v) is 3.41. The van der Waals surface area contributed by atoms with E-state index in [1.807, 2.05) is 62.4 Å². The Hall–Kier alpha value is -3.20. The molecule has 4 rings (SSSR count). The van der Waals surface area contributed by atoms with Crippen LogP contribution in [0, 0.1) is 19.7 Å². The fourth-order valence-electron chi connectivity index (χ4n) is 3.41. The minimum absolute atomic E-state index is 0.0546. The van der Waals surface area contributed by atoms with Crippen LogP contribution in [0.25, 0.3) is 11.1 Å². The maximum absolute atomic E-state index is 13.4. The molecule has 1 aliphatic heterocycles. The van der Waals surface area contributed by atoms with Crippen molar-refractivity contribution in [3.8, 4) is 0 Å².